The zero-order valence-electron chi connectivity index (χ0n) is 17.4. The van der Waals surface area contributed by atoms with E-state index in [0.29, 0.717) is 24.5 Å². The highest BCUT2D eigenvalue weighted by atomic mass is 19.4. The molecule has 2 aromatic rings. The molecular weight excluding hydrogens is 532 g/mol. The molecule has 0 aliphatic rings. The van der Waals surface area contributed by atoms with Gasteiger partial charge in [-0.1, -0.05) is 19.1 Å². The van der Waals surface area contributed by atoms with Crippen molar-refractivity contribution in [2.24, 2.45) is 0 Å². The highest BCUT2D eigenvalue weighted by molar-refractivity contribution is 5.63. The standard InChI is InChI=1S/C19H12F12N2O3/c1-2-10-6-5-9-33-12(10)15(18(26,27)28,19(29,30)31)36-13(34)35-14(16(20,21)22,17(23,24)25)11-7-3-4-8-32-11/h3-9H,2H2,1H3. The summed E-state index contributed by atoms with van der Waals surface area (Å²) in [5.41, 5.74) is -16.6. The zero-order chi connectivity index (χ0) is 27.8. The quantitative estimate of drug-likeness (QED) is 0.317. The molecule has 17 heteroatoms. The van der Waals surface area contributed by atoms with Crippen molar-refractivity contribution in [1.82, 2.24) is 9.97 Å². The number of ether oxygens (including phenoxy) is 2. The summed E-state index contributed by atoms with van der Waals surface area (Å²) in [4.78, 5) is 17.8. The third kappa shape index (κ3) is 4.74. The summed E-state index contributed by atoms with van der Waals surface area (Å²) in [6, 6.07) is 3.05. The summed E-state index contributed by atoms with van der Waals surface area (Å²) in [5.74, 6) is 0. The molecule has 2 rings (SSSR count). The van der Waals surface area contributed by atoms with Crippen molar-refractivity contribution in [3.05, 3.63) is 59.7 Å². The van der Waals surface area contributed by atoms with Crippen LogP contribution in [0, 0.1) is 0 Å². The SMILES string of the molecule is CCc1cccnc1C(OC(=O)OC(c1ccccn1)(C(F)(F)F)C(F)(F)F)(C(F)(F)F)C(F)(F)F. The first-order valence-electron chi connectivity index (χ1n) is 9.31. The van der Waals surface area contributed by atoms with Gasteiger partial charge >= 0.3 is 42.1 Å². The molecule has 0 saturated carbocycles. The first-order valence-corrected chi connectivity index (χ1v) is 9.31. The first kappa shape index (κ1) is 29.0. The van der Waals surface area contributed by atoms with Gasteiger partial charge in [0.15, 0.2) is 0 Å². The number of nitrogens with zero attached hydrogens (tertiary/aromatic N) is 2. The minimum Gasteiger partial charge on any atom is -0.401 e. The highest BCUT2D eigenvalue weighted by Crippen LogP contribution is 2.56. The van der Waals surface area contributed by atoms with E-state index in [1.807, 2.05) is 0 Å². The number of halogens is 12. The Balaban J connectivity index is 2.79. The smallest absolute Gasteiger partial charge is 0.401 e. The topological polar surface area (TPSA) is 61.3 Å². The normalized spacial score (nSPS) is 13.9. The van der Waals surface area contributed by atoms with Crippen molar-refractivity contribution < 1.29 is 67.0 Å². The maximum Gasteiger partial charge on any atom is 0.511 e. The van der Waals surface area contributed by atoms with Gasteiger partial charge in [-0.05, 0) is 30.2 Å². The van der Waals surface area contributed by atoms with Gasteiger partial charge in [-0.25, -0.2) is 4.79 Å². The summed E-state index contributed by atoms with van der Waals surface area (Å²) < 4.78 is 172. The monoisotopic (exact) mass is 544 g/mol. The molecule has 0 saturated heterocycles. The summed E-state index contributed by atoms with van der Waals surface area (Å²) in [5, 5.41) is 0. The molecule has 2 aromatic heterocycles. The van der Waals surface area contributed by atoms with Gasteiger partial charge in [0.2, 0.25) is 0 Å². The van der Waals surface area contributed by atoms with Crippen LogP contribution in [-0.4, -0.2) is 40.8 Å². The fourth-order valence-electron chi connectivity index (χ4n) is 3.10. The summed E-state index contributed by atoms with van der Waals surface area (Å²) in [6.07, 6.45) is -30.1. The lowest BCUT2D eigenvalue weighted by atomic mass is 9.92. The Morgan fingerprint density at radius 1 is 0.694 bits per heavy atom. The van der Waals surface area contributed by atoms with Crippen LogP contribution in [0.2, 0.25) is 0 Å². The second-order valence-electron chi connectivity index (χ2n) is 6.89. The van der Waals surface area contributed by atoms with Gasteiger partial charge in [-0.15, -0.1) is 0 Å². The molecule has 0 atom stereocenters. The van der Waals surface area contributed by atoms with E-state index in [-0.39, 0.29) is 6.07 Å². The fourth-order valence-corrected chi connectivity index (χ4v) is 3.10. The van der Waals surface area contributed by atoms with Gasteiger partial charge in [0.1, 0.15) is 11.4 Å². The van der Waals surface area contributed by atoms with Crippen LogP contribution in [0.1, 0.15) is 23.9 Å². The average molecular weight is 544 g/mol. The Hall–Kier alpha value is -3.27. The summed E-state index contributed by atoms with van der Waals surface area (Å²) in [6.45, 7) is 1.07. The molecule has 0 radical (unpaired) electrons. The van der Waals surface area contributed by atoms with Crippen molar-refractivity contribution >= 4 is 6.16 Å². The molecule has 0 N–H and O–H groups in total. The zero-order valence-corrected chi connectivity index (χ0v) is 17.4. The lowest BCUT2D eigenvalue weighted by molar-refractivity contribution is -0.399. The maximum absolute atomic E-state index is 13.9. The van der Waals surface area contributed by atoms with Gasteiger partial charge in [-0.3, -0.25) is 9.97 Å². The molecule has 0 unspecified atom stereocenters. The summed E-state index contributed by atoms with van der Waals surface area (Å²) in [7, 11) is 0. The van der Waals surface area contributed by atoms with Crippen LogP contribution in [0.3, 0.4) is 0 Å². The number of hydrogen-bond donors (Lipinski definition) is 0. The van der Waals surface area contributed by atoms with Gasteiger partial charge in [-0.2, -0.15) is 52.7 Å². The molecule has 0 aliphatic carbocycles. The van der Waals surface area contributed by atoms with Crippen LogP contribution in [0.15, 0.2) is 42.7 Å². The van der Waals surface area contributed by atoms with E-state index >= 15 is 0 Å². The Kier molecular flexibility index (Phi) is 7.49. The molecule has 0 aliphatic heterocycles. The molecule has 0 spiro atoms. The molecular formula is C19H12F12N2O3. The van der Waals surface area contributed by atoms with E-state index in [1.54, 1.807) is 0 Å². The predicted molar refractivity (Wildman–Crippen MR) is 93.0 cm³/mol. The minimum absolute atomic E-state index is 0.0446. The number of aromatic nitrogens is 2. The molecule has 0 bridgehead atoms. The van der Waals surface area contributed by atoms with Gasteiger partial charge in [0.25, 0.3) is 0 Å². The number of carbonyl (C=O) groups excluding carboxylic acids is 1. The highest BCUT2D eigenvalue weighted by Gasteiger charge is 2.80. The van der Waals surface area contributed by atoms with Crippen LogP contribution in [0.5, 0.6) is 0 Å². The van der Waals surface area contributed by atoms with E-state index in [9.17, 15) is 57.5 Å². The first-order chi connectivity index (χ1) is 16.3. The summed E-state index contributed by atoms with van der Waals surface area (Å²) >= 11 is 0. The Bertz CT molecular complexity index is 1030. The van der Waals surface area contributed by atoms with Crippen molar-refractivity contribution in [3.8, 4) is 0 Å². The van der Waals surface area contributed by atoms with Crippen LogP contribution in [-0.2, 0) is 27.1 Å². The third-order valence-corrected chi connectivity index (χ3v) is 4.70. The van der Waals surface area contributed by atoms with Crippen molar-refractivity contribution in [2.75, 3.05) is 0 Å². The fraction of sp³-hybridized carbons (Fsp3) is 0.421. The Morgan fingerprint density at radius 3 is 1.58 bits per heavy atom. The van der Waals surface area contributed by atoms with E-state index in [1.165, 1.54) is 0 Å². The van der Waals surface area contributed by atoms with Crippen molar-refractivity contribution in [1.29, 1.82) is 0 Å². The number of hydrogen-bond acceptors (Lipinski definition) is 5. The Labute approximate surface area is 193 Å². The van der Waals surface area contributed by atoms with Crippen LogP contribution in [0.4, 0.5) is 57.5 Å². The third-order valence-electron chi connectivity index (χ3n) is 4.70. The maximum atomic E-state index is 13.9. The van der Waals surface area contributed by atoms with Gasteiger partial charge < -0.3 is 9.47 Å². The number of pyridine rings is 2. The van der Waals surface area contributed by atoms with Gasteiger partial charge in [0.05, 0.1) is 0 Å². The van der Waals surface area contributed by atoms with E-state index < -0.39 is 65.4 Å². The van der Waals surface area contributed by atoms with E-state index in [0.717, 1.165) is 19.1 Å². The van der Waals surface area contributed by atoms with Crippen molar-refractivity contribution in [3.63, 3.8) is 0 Å². The second kappa shape index (κ2) is 9.31. The van der Waals surface area contributed by atoms with Crippen LogP contribution < -0.4 is 0 Å². The number of aryl methyl sites for hydroxylation is 1. The number of alkyl halides is 12. The number of rotatable bonds is 5. The second-order valence-corrected chi connectivity index (χ2v) is 6.89. The Morgan fingerprint density at radius 2 is 1.17 bits per heavy atom. The van der Waals surface area contributed by atoms with E-state index in [2.05, 4.69) is 19.4 Å². The van der Waals surface area contributed by atoms with Crippen LogP contribution >= 0.6 is 0 Å². The molecule has 36 heavy (non-hydrogen) atoms. The minimum atomic E-state index is -6.67. The molecule has 0 fully saturated rings. The van der Waals surface area contributed by atoms with Crippen molar-refractivity contribution in [2.45, 2.75) is 49.3 Å². The lowest BCUT2D eigenvalue weighted by Gasteiger charge is -2.39. The van der Waals surface area contributed by atoms with E-state index in [4.69, 9.17) is 0 Å². The van der Waals surface area contributed by atoms with Gasteiger partial charge in [0, 0.05) is 12.4 Å². The molecule has 5 nitrogen and oxygen atoms in total. The predicted octanol–water partition coefficient (Wildman–Crippen LogP) is 6.53. The largest absolute Gasteiger partial charge is 0.511 e. The molecule has 0 amide bonds. The average Bonchev–Trinajstić information content (AvgIpc) is 2.73. The molecule has 0 aromatic carbocycles. The molecule has 2 heterocycles. The van der Waals surface area contributed by atoms with Crippen LogP contribution in [0.25, 0.3) is 0 Å². The number of carbonyl (C=O) groups is 1. The lowest BCUT2D eigenvalue weighted by Crippen LogP contribution is -2.61. The molecule has 200 valence electrons.